The first-order valence-electron chi connectivity index (χ1n) is 3.07. The maximum absolute atomic E-state index is 10.8. The van der Waals surface area contributed by atoms with Crippen LogP contribution in [0.5, 0.6) is 0 Å². The zero-order valence-corrected chi connectivity index (χ0v) is 7.63. The van der Waals surface area contributed by atoms with Crippen LogP contribution >= 0.6 is 0 Å². The zero-order valence-electron chi connectivity index (χ0n) is 6.82. The summed E-state index contributed by atoms with van der Waals surface area (Å²) < 4.78 is 10.8. The highest BCUT2D eigenvalue weighted by Crippen LogP contribution is 1.71. The van der Waals surface area contributed by atoms with Crippen molar-refractivity contribution < 1.29 is 4.21 Å². The van der Waals surface area contributed by atoms with Gasteiger partial charge in [-0.05, 0) is 25.7 Å². The zero-order chi connectivity index (χ0) is 9.23. The lowest BCUT2D eigenvalue weighted by atomic mass is 10.6. The summed E-state index contributed by atoms with van der Waals surface area (Å²) in [6.45, 7) is 3.32. The second-order valence-corrected chi connectivity index (χ2v) is 2.42. The SMILES string of the molecule is CC#CC#CS(=O)C#CC#CC. The molecule has 0 aliphatic rings. The summed E-state index contributed by atoms with van der Waals surface area (Å²) in [6.07, 6.45) is 0. The molecule has 0 amide bonds. The Morgan fingerprint density at radius 3 is 1.58 bits per heavy atom. The van der Waals surface area contributed by atoms with Crippen LogP contribution in [-0.4, -0.2) is 4.21 Å². The topological polar surface area (TPSA) is 17.1 Å². The van der Waals surface area contributed by atoms with Crippen molar-refractivity contribution in [3.63, 3.8) is 0 Å². The van der Waals surface area contributed by atoms with E-state index < -0.39 is 10.8 Å². The van der Waals surface area contributed by atoms with Crippen molar-refractivity contribution in [2.75, 3.05) is 0 Å². The van der Waals surface area contributed by atoms with E-state index in [2.05, 4.69) is 46.0 Å². The third-order valence-electron chi connectivity index (χ3n) is 0.662. The van der Waals surface area contributed by atoms with Gasteiger partial charge in [0.1, 0.15) is 0 Å². The quantitative estimate of drug-likeness (QED) is 0.494. The van der Waals surface area contributed by atoms with Gasteiger partial charge in [-0.15, -0.1) is 0 Å². The van der Waals surface area contributed by atoms with Crippen molar-refractivity contribution in [2.45, 2.75) is 13.8 Å². The fourth-order valence-corrected chi connectivity index (χ4v) is 0.633. The van der Waals surface area contributed by atoms with Gasteiger partial charge in [-0.3, -0.25) is 0 Å². The molecular weight excluding hydrogens is 168 g/mol. The Hall–Kier alpha value is -1.61. The molecule has 0 rings (SSSR count). The van der Waals surface area contributed by atoms with E-state index in [9.17, 15) is 4.21 Å². The first-order chi connectivity index (χ1) is 5.81. The first-order valence-corrected chi connectivity index (χ1v) is 4.22. The Morgan fingerprint density at radius 2 is 1.25 bits per heavy atom. The fourth-order valence-electron chi connectivity index (χ4n) is 0.294. The smallest absolute Gasteiger partial charge is 0.177 e. The Balaban J connectivity index is 4.25. The Bertz CT molecular complexity index is 362. The largest absolute Gasteiger partial charge is 0.232 e. The van der Waals surface area contributed by atoms with E-state index in [1.807, 2.05) is 0 Å². The molecule has 1 nitrogen and oxygen atoms in total. The average Bonchev–Trinajstić information content (AvgIpc) is 2.06. The Kier molecular flexibility index (Phi) is 6.49. The predicted molar refractivity (Wildman–Crippen MR) is 50.6 cm³/mol. The van der Waals surface area contributed by atoms with E-state index in [4.69, 9.17) is 0 Å². The molecule has 0 N–H and O–H groups in total. The molecule has 0 saturated carbocycles. The third-order valence-corrected chi connectivity index (χ3v) is 1.24. The fraction of sp³-hybridized carbons (Fsp3) is 0.200. The van der Waals surface area contributed by atoms with Crippen molar-refractivity contribution in [1.29, 1.82) is 0 Å². The van der Waals surface area contributed by atoms with Crippen molar-refractivity contribution in [2.24, 2.45) is 0 Å². The van der Waals surface area contributed by atoms with Crippen LogP contribution in [0.4, 0.5) is 0 Å². The monoisotopic (exact) mass is 174 g/mol. The minimum absolute atomic E-state index is 1.45. The van der Waals surface area contributed by atoms with Gasteiger partial charge in [-0.25, -0.2) is 4.21 Å². The molecule has 0 aliphatic carbocycles. The average molecular weight is 174 g/mol. The molecule has 0 aromatic heterocycles. The molecule has 0 spiro atoms. The van der Waals surface area contributed by atoms with E-state index in [1.165, 1.54) is 0 Å². The molecule has 12 heavy (non-hydrogen) atoms. The lowest BCUT2D eigenvalue weighted by molar-refractivity contribution is 0.694. The van der Waals surface area contributed by atoms with Gasteiger partial charge < -0.3 is 0 Å². The number of hydrogen-bond donors (Lipinski definition) is 0. The van der Waals surface area contributed by atoms with E-state index in [0.717, 1.165) is 0 Å². The molecule has 0 bridgehead atoms. The van der Waals surface area contributed by atoms with Crippen LogP contribution in [0.25, 0.3) is 0 Å². The molecule has 0 atom stereocenters. The van der Waals surface area contributed by atoms with Crippen LogP contribution < -0.4 is 0 Å². The van der Waals surface area contributed by atoms with Gasteiger partial charge in [0, 0.05) is 22.3 Å². The maximum Gasteiger partial charge on any atom is 0.177 e. The van der Waals surface area contributed by atoms with Crippen molar-refractivity contribution in [3.8, 4) is 46.0 Å². The van der Waals surface area contributed by atoms with E-state index in [-0.39, 0.29) is 0 Å². The molecule has 0 saturated heterocycles. The molecule has 0 aromatic rings. The number of hydrogen-bond acceptors (Lipinski definition) is 1. The highest BCUT2D eigenvalue weighted by molar-refractivity contribution is 7.94. The van der Waals surface area contributed by atoms with Gasteiger partial charge in [0.25, 0.3) is 0 Å². The highest BCUT2D eigenvalue weighted by atomic mass is 32.2. The standard InChI is InChI=1S/C10H6OS/c1-3-5-7-9-12(11)10-8-6-4-2/h1-2H3. The molecule has 2 heteroatoms. The van der Waals surface area contributed by atoms with E-state index in [0.29, 0.717) is 0 Å². The first kappa shape index (κ1) is 10.4. The normalized spacial score (nSPS) is 5.58. The van der Waals surface area contributed by atoms with Crippen LogP contribution in [0.1, 0.15) is 13.8 Å². The third kappa shape index (κ3) is 6.51. The summed E-state index contributed by atoms with van der Waals surface area (Å²) in [5, 5.41) is 4.70. The molecular formula is C10H6OS. The predicted octanol–water partition coefficient (Wildman–Crippen LogP) is 0.704. The summed E-state index contributed by atoms with van der Waals surface area (Å²) in [6, 6.07) is 0. The van der Waals surface area contributed by atoms with Gasteiger partial charge in [0.15, 0.2) is 10.8 Å². The van der Waals surface area contributed by atoms with Gasteiger partial charge in [0.2, 0.25) is 0 Å². The van der Waals surface area contributed by atoms with Gasteiger partial charge in [-0.2, -0.15) is 0 Å². The van der Waals surface area contributed by atoms with Gasteiger partial charge in [-0.1, -0.05) is 11.8 Å². The van der Waals surface area contributed by atoms with Crippen molar-refractivity contribution >= 4 is 10.8 Å². The maximum atomic E-state index is 10.8. The summed E-state index contributed by atoms with van der Waals surface area (Å²) in [7, 11) is -1.45. The highest BCUT2D eigenvalue weighted by Gasteiger charge is 1.79. The molecule has 58 valence electrons. The molecule has 0 aliphatic heterocycles. The van der Waals surface area contributed by atoms with Crippen LogP contribution in [0, 0.1) is 46.0 Å². The minimum atomic E-state index is -1.45. The summed E-state index contributed by atoms with van der Waals surface area (Å²) in [5.74, 6) is 14.8. The lowest BCUT2D eigenvalue weighted by Crippen LogP contribution is -1.75. The van der Waals surface area contributed by atoms with Crippen LogP contribution in [0.3, 0.4) is 0 Å². The second kappa shape index (κ2) is 7.50. The van der Waals surface area contributed by atoms with Crippen molar-refractivity contribution in [1.82, 2.24) is 0 Å². The molecule has 0 radical (unpaired) electrons. The Morgan fingerprint density at radius 1 is 0.833 bits per heavy atom. The Labute approximate surface area is 75.4 Å². The van der Waals surface area contributed by atoms with E-state index >= 15 is 0 Å². The second-order valence-electron chi connectivity index (χ2n) is 1.47. The molecule has 0 heterocycles. The summed E-state index contributed by atoms with van der Waals surface area (Å²) in [4.78, 5) is 0. The summed E-state index contributed by atoms with van der Waals surface area (Å²) >= 11 is 0. The molecule has 0 aromatic carbocycles. The minimum Gasteiger partial charge on any atom is -0.232 e. The van der Waals surface area contributed by atoms with Crippen LogP contribution in [-0.2, 0) is 10.8 Å². The molecule has 0 unspecified atom stereocenters. The van der Waals surface area contributed by atoms with Crippen LogP contribution in [0.15, 0.2) is 0 Å². The van der Waals surface area contributed by atoms with Gasteiger partial charge in [0.05, 0.1) is 0 Å². The van der Waals surface area contributed by atoms with E-state index in [1.54, 1.807) is 13.8 Å². The molecule has 0 fully saturated rings. The van der Waals surface area contributed by atoms with Crippen molar-refractivity contribution in [3.05, 3.63) is 0 Å². The number of rotatable bonds is 0. The van der Waals surface area contributed by atoms with Gasteiger partial charge >= 0.3 is 0 Å². The lowest BCUT2D eigenvalue weighted by Gasteiger charge is -1.67. The summed E-state index contributed by atoms with van der Waals surface area (Å²) in [5.41, 5.74) is 0. The van der Waals surface area contributed by atoms with Crippen LogP contribution in [0.2, 0.25) is 0 Å².